The zero-order valence-electron chi connectivity index (χ0n) is 13.4. The first-order valence-electron chi connectivity index (χ1n) is 7.68. The van der Waals surface area contributed by atoms with Crippen molar-refractivity contribution in [3.63, 3.8) is 0 Å². The van der Waals surface area contributed by atoms with Crippen molar-refractivity contribution in [2.75, 3.05) is 0 Å². The second-order valence-corrected chi connectivity index (χ2v) is 4.88. The Morgan fingerprint density at radius 2 is 1.64 bits per heavy atom. The topological polar surface area (TPSA) is 63.7 Å². The van der Waals surface area contributed by atoms with Crippen LogP contribution in [0.1, 0.15) is 50.7 Å². The summed E-state index contributed by atoms with van der Waals surface area (Å²) in [6, 6.07) is 8.09. The van der Waals surface area contributed by atoms with Crippen LogP contribution in [0.3, 0.4) is 0 Å². The molecule has 0 unspecified atom stereocenters. The number of hydrogen-bond donors (Lipinski definition) is 0. The maximum Gasteiger partial charge on any atom is 0.333 e. The Morgan fingerprint density at radius 3 is 2.18 bits per heavy atom. The van der Waals surface area contributed by atoms with Crippen molar-refractivity contribution in [1.29, 1.82) is 0 Å². The number of imide groups is 1. The summed E-state index contributed by atoms with van der Waals surface area (Å²) in [6.45, 7) is 6.02. The standard InChI is InChI=1S/C15H17NO4.C2H6/c1-11-5-7-12(8-6-11)3-2-4-15(19)20-16-13(17)9-10-14(16)18;1-2/h5-8H,2-4,9-10H2,1H3;1-2H3. The zero-order valence-corrected chi connectivity index (χ0v) is 13.4. The molecule has 120 valence electrons. The van der Waals surface area contributed by atoms with Gasteiger partial charge >= 0.3 is 5.97 Å². The van der Waals surface area contributed by atoms with Gasteiger partial charge in [-0.2, -0.15) is 0 Å². The highest BCUT2D eigenvalue weighted by atomic mass is 16.7. The molecule has 0 N–H and O–H groups in total. The molecule has 0 saturated carbocycles. The Balaban J connectivity index is 0.00000116. The summed E-state index contributed by atoms with van der Waals surface area (Å²) in [5.74, 6) is -1.43. The third kappa shape index (κ3) is 5.31. The summed E-state index contributed by atoms with van der Waals surface area (Å²) in [4.78, 5) is 38.9. The van der Waals surface area contributed by atoms with Gasteiger partial charge in [-0.15, -0.1) is 5.06 Å². The first kappa shape index (κ1) is 17.9. The Kier molecular flexibility index (Phi) is 7.29. The molecule has 0 radical (unpaired) electrons. The van der Waals surface area contributed by atoms with E-state index in [2.05, 4.69) is 0 Å². The van der Waals surface area contributed by atoms with Gasteiger partial charge in [-0.25, -0.2) is 4.79 Å². The summed E-state index contributed by atoms with van der Waals surface area (Å²) < 4.78 is 0. The lowest BCUT2D eigenvalue weighted by Gasteiger charge is -2.12. The van der Waals surface area contributed by atoms with Crippen molar-refractivity contribution in [3.05, 3.63) is 35.4 Å². The summed E-state index contributed by atoms with van der Waals surface area (Å²) in [7, 11) is 0. The van der Waals surface area contributed by atoms with Gasteiger partial charge in [0.05, 0.1) is 0 Å². The second-order valence-electron chi connectivity index (χ2n) is 4.88. The van der Waals surface area contributed by atoms with Crippen LogP contribution >= 0.6 is 0 Å². The molecular weight excluding hydrogens is 282 g/mol. The molecule has 1 aliphatic rings. The van der Waals surface area contributed by atoms with Crippen LogP contribution in [-0.4, -0.2) is 22.8 Å². The van der Waals surface area contributed by atoms with Gasteiger partial charge in [0.15, 0.2) is 0 Å². The molecule has 0 aliphatic carbocycles. The number of benzene rings is 1. The van der Waals surface area contributed by atoms with Crippen molar-refractivity contribution >= 4 is 17.8 Å². The highest BCUT2D eigenvalue weighted by Crippen LogP contribution is 2.13. The first-order valence-corrected chi connectivity index (χ1v) is 7.68. The predicted molar refractivity (Wildman–Crippen MR) is 82.6 cm³/mol. The molecule has 2 amide bonds. The van der Waals surface area contributed by atoms with Gasteiger partial charge in [0, 0.05) is 19.3 Å². The highest BCUT2D eigenvalue weighted by molar-refractivity contribution is 6.01. The smallest absolute Gasteiger partial charge is 0.330 e. The van der Waals surface area contributed by atoms with Gasteiger partial charge < -0.3 is 4.84 Å². The quantitative estimate of drug-likeness (QED) is 0.785. The number of hydrogen-bond acceptors (Lipinski definition) is 4. The van der Waals surface area contributed by atoms with Crippen LogP contribution in [-0.2, 0) is 25.6 Å². The molecule has 1 aromatic rings. The molecule has 1 fully saturated rings. The second kappa shape index (κ2) is 8.97. The van der Waals surface area contributed by atoms with E-state index >= 15 is 0 Å². The molecule has 0 atom stereocenters. The Hall–Kier alpha value is -2.17. The van der Waals surface area contributed by atoms with Crippen LogP contribution in [0.25, 0.3) is 0 Å². The summed E-state index contributed by atoms with van der Waals surface area (Å²) in [5.41, 5.74) is 2.34. The van der Waals surface area contributed by atoms with Crippen LogP contribution in [0.2, 0.25) is 0 Å². The summed E-state index contributed by atoms with van der Waals surface area (Å²) in [5, 5.41) is 0.591. The number of nitrogens with zero attached hydrogens (tertiary/aromatic N) is 1. The first-order chi connectivity index (χ1) is 10.6. The van der Waals surface area contributed by atoms with E-state index in [1.807, 2.05) is 45.0 Å². The third-order valence-electron chi connectivity index (χ3n) is 3.17. The van der Waals surface area contributed by atoms with Crippen LogP contribution in [0.4, 0.5) is 0 Å². The van der Waals surface area contributed by atoms with Crippen LogP contribution in [0.15, 0.2) is 24.3 Å². The Labute approximate surface area is 131 Å². The van der Waals surface area contributed by atoms with E-state index in [1.54, 1.807) is 0 Å². The van der Waals surface area contributed by atoms with Gasteiger partial charge in [-0.3, -0.25) is 9.59 Å². The molecule has 1 saturated heterocycles. The van der Waals surface area contributed by atoms with Crippen molar-refractivity contribution in [1.82, 2.24) is 5.06 Å². The normalized spacial score (nSPS) is 13.7. The van der Waals surface area contributed by atoms with E-state index < -0.39 is 17.8 Å². The van der Waals surface area contributed by atoms with Crippen molar-refractivity contribution < 1.29 is 19.2 Å². The van der Waals surface area contributed by atoms with Crippen LogP contribution in [0.5, 0.6) is 0 Å². The molecule has 0 spiro atoms. The van der Waals surface area contributed by atoms with Crippen LogP contribution < -0.4 is 0 Å². The fourth-order valence-electron chi connectivity index (χ4n) is 2.00. The number of rotatable bonds is 5. The highest BCUT2D eigenvalue weighted by Gasteiger charge is 2.32. The molecule has 1 heterocycles. The molecule has 0 aromatic heterocycles. The summed E-state index contributed by atoms with van der Waals surface area (Å²) in [6.07, 6.45) is 1.81. The predicted octanol–water partition coefficient (Wildman–Crippen LogP) is 2.95. The largest absolute Gasteiger partial charge is 0.333 e. The minimum atomic E-state index is -0.541. The number of amides is 2. The number of carbonyl (C=O) groups is 3. The van der Waals surface area contributed by atoms with Crippen molar-refractivity contribution in [2.24, 2.45) is 0 Å². The maximum atomic E-state index is 11.6. The molecule has 1 aromatic carbocycles. The molecule has 22 heavy (non-hydrogen) atoms. The minimum Gasteiger partial charge on any atom is -0.330 e. The van der Waals surface area contributed by atoms with E-state index in [9.17, 15) is 14.4 Å². The van der Waals surface area contributed by atoms with Gasteiger partial charge in [-0.1, -0.05) is 43.7 Å². The van der Waals surface area contributed by atoms with Crippen molar-refractivity contribution in [3.8, 4) is 0 Å². The lowest BCUT2D eigenvalue weighted by molar-refractivity contribution is -0.197. The van der Waals surface area contributed by atoms with Gasteiger partial charge in [0.25, 0.3) is 11.8 Å². The minimum absolute atomic E-state index is 0.121. The SMILES string of the molecule is CC.Cc1ccc(CCCC(=O)ON2C(=O)CCC2=O)cc1. The molecule has 5 heteroatoms. The monoisotopic (exact) mass is 305 g/mol. The fourth-order valence-corrected chi connectivity index (χ4v) is 2.00. The van der Waals surface area contributed by atoms with E-state index in [0.717, 1.165) is 12.0 Å². The number of hydroxylamine groups is 2. The molecule has 5 nitrogen and oxygen atoms in total. The average Bonchev–Trinajstić information content (AvgIpc) is 2.83. The van der Waals surface area contributed by atoms with E-state index in [4.69, 9.17) is 4.84 Å². The zero-order chi connectivity index (χ0) is 16.5. The molecule has 1 aliphatic heterocycles. The Morgan fingerprint density at radius 1 is 1.09 bits per heavy atom. The number of carbonyl (C=O) groups excluding carboxylic acids is 3. The van der Waals surface area contributed by atoms with Crippen LogP contribution in [0, 0.1) is 6.92 Å². The van der Waals surface area contributed by atoms with Gasteiger partial charge in [0.2, 0.25) is 0 Å². The molecule has 2 rings (SSSR count). The van der Waals surface area contributed by atoms with Gasteiger partial charge in [0.1, 0.15) is 0 Å². The lowest BCUT2D eigenvalue weighted by Crippen LogP contribution is -2.31. The van der Waals surface area contributed by atoms with E-state index in [0.29, 0.717) is 11.5 Å². The van der Waals surface area contributed by atoms with E-state index in [1.165, 1.54) is 5.56 Å². The van der Waals surface area contributed by atoms with Gasteiger partial charge in [-0.05, 0) is 25.3 Å². The maximum absolute atomic E-state index is 11.6. The lowest BCUT2D eigenvalue weighted by atomic mass is 10.1. The third-order valence-corrected chi connectivity index (χ3v) is 3.17. The summed E-state index contributed by atoms with van der Waals surface area (Å²) >= 11 is 0. The van der Waals surface area contributed by atoms with E-state index in [-0.39, 0.29) is 19.3 Å². The average molecular weight is 305 g/mol. The van der Waals surface area contributed by atoms with Crippen molar-refractivity contribution in [2.45, 2.75) is 52.9 Å². The number of aryl methyl sites for hydroxylation is 2. The molecular formula is C17H23NO4. The Bertz CT molecular complexity index is 506. The molecule has 0 bridgehead atoms. The fraction of sp³-hybridized carbons (Fsp3) is 0.471.